The number of ether oxygens (including phenoxy) is 1. The van der Waals surface area contributed by atoms with E-state index in [1.54, 1.807) is 11.1 Å². The SMILES string of the molecule is C/C=C\N1C(=O)O[C@@H](c2ccccc2)[C@H]1C. The number of carbonyl (C=O) groups is 1. The number of hydrogen-bond acceptors (Lipinski definition) is 2. The quantitative estimate of drug-likeness (QED) is 0.761. The van der Waals surface area contributed by atoms with Crippen LogP contribution in [0.5, 0.6) is 0 Å². The molecule has 0 N–H and O–H groups in total. The maximum atomic E-state index is 11.6. The lowest BCUT2D eigenvalue weighted by atomic mass is 10.0. The van der Waals surface area contributed by atoms with Crippen LogP contribution in [0.1, 0.15) is 25.5 Å². The van der Waals surface area contributed by atoms with Gasteiger partial charge >= 0.3 is 6.09 Å². The second-order valence-electron chi connectivity index (χ2n) is 3.85. The van der Waals surface area contributed by atoms with E-state index in [4.69, 9.17) is 4.74 Å². The molecular weight excluding hydrogens is 202 g/mol. The van der Waals surface area contributed by atoms with Crippen LogP contribution in [0.4, 0.5) is 4.79 Å². The van der Waals surface area contributed by atoms with Crippen molar-refractivity contribution in [1.82, 2.24) is 4.90 Å². The molecule has 0 spiro atoms. The first-order valence-corrected chi connectivity index (χ1v) is 5.40. The second-order valence-corrected chi connectivity index (χ2v) is 3.85. The summed E-state index contributed by atoms with van der Waals surface area (Å²) in [7, 11) is 0. The Balaban J connectivity index is 2.24. The molecule has 84 valence electrons. The molecular formula is C13H15NO2. The normalized spacial score (nSPS) is 25.1. The molecule has 1 saturated heterocycles. The van der Waals surface area contributed by atoms with Gasteiger partial charge in [-0.05, 0) is 19.4 Å². The maximum Gasteiger partial charge on any atom is 0.414 e. The molecule has 2 rings (SSSR count). The maximum absolute atomic E-state index is 11.6. The van der Waals surface area contributed by atoms with Gasteiger partial charge in [0.15, 0.2) is 0 Å². The Morgan fingerprint density at radius 3 is 2.62 bits per heavy atom. The first-order chi connectivity index (χ1) is 7.74. The Morgan fingerprint density at radius 2 is 2.00 bits per heavy atom. The van der Waals surface area contributed by atoms with Crippen molar-refractivity contribution in [3.8, 4) is 0 Å². The summed E-state index contributed by atoms with van der Waals surface area (Å²) in [6, 6.07) is 9.85. The molecule has 0 unspecified atom stereocenters. The molecule has 1 aliphatic rings. The van der Waals surface area contributed by atoms with E-state index in [0.717, 1.165) is 5.56 Å². The summed E-state index contributed by atoms with van der Waals surface area (Å²) in [6.07, 6.45) is 3.14. The molecule has 0 saturated carbocycles. The zero-order valence-electron chi connectivity index (χ0n) is 9.46. The van der Waals surface area contributed by atoms with E-state index in [1.165, 1.54) is 0 Å². The molecule has 0 aromatic heterocycles. The minimum atomic E-state index is -0.278. The number of hydrogen-bond donors (Lipinski definition) is 0. The van der Waals surface area contributed by atoms with Gasteiger partial charge in [0.05, 0.1) is 6.04 Å². The zero-order valence-corrected chi connectivity index (χ0v) is 9.46. The van der Waals surface area contributed by atoms with Gasteiger partial charge in [0.2, 0.25) is 0 Å². The summed E-state index contributed by atoms with van der Waals surface area (Å²) in [5, 5.41) is 0. The number of benzene rings is 1. The third-order valence-electron chi connectivity index (χ3n) is 2.75. The smallest absolute Gasteiger partial charge is 0.414 e. The minimum absolute atomic E-state index is 0.0334. The van der Waals surface area contributed by atoms with Gasteiger partial charge in [-0.25, -0.2) is 4.79 Å². The lowest BCUT2D eigenvalue weighted by molar-refractivity contribution is 0.132. The molecule has 1 fully saturated rings. The molecule has 1 aromatic rings. The molecule has 3 heteroatoms. The Bertz CT molecular complexity index is 400. The van der Waals surface area contributed by atoms with E-state index < -0.39 is 0 Å². The van der Waals surface area contributed by atoms with Crippen molar-refractivity contribution in [1.29, 1.82) is 0 Å². The fourth-order valence-electron chi connectivity index (χ4n) is 1.93. The van der Waals surface area contributed by atoms with Crippen LogP contribution in [0, 0.1) is 0 Å². The van der Waals surface area contributed by atoms with Gasteiger partial charge in [0, 0.05) is 6.20 Å². The largest absolute Gasteiger partial charge is 0.439 e. The lowest BCUT2D eigenvalue weighted by Crippen LogP contribution is -2.26. The Morgan fingerprint density at radius 1 is 1.31 bits per heavy atom. The summed E-state index contributed by atoms with van der Waals surface area (Å²) in [5.74, 6) is 0. The fourth-order valence-corrected chi connectivity index (χ4v) is 1.93. The van der Waals surface area contributed by atoms with Crippen molar-refractivity contribution in [2.75, 3.05) is 0 Å². The predicted molar refractivity (Wildman–Crippen MR) is 61.8 cm³/mol. The molecule has 1 aromatic carbocycles. The van der Waals surface area contributed by atoms with Crippen molar-refractivity contribution < 1.29 is 9.53 Å². The molecule has 2 atom stereocenters. The summed E-state index contributed by atoms with van der Waals surface area (Å²) in [5.41, 5.74) is 1.04. The highest BCUT2D eigenvalue weighted by Crippen LogP contribution is 2.32. The standard InChI is InChI=1S/C13H15NO2/c1-3-9-14-10(2)12(16-13(14)15)11-7-5-4-6-8-11/h3-10,12H,1-2H3/b9-3-/t10-,12-/m1/s1. The summed E-state index contributed by atoms with van der Waals surface area (Å²) >= 11 is 0. The second kappa shape index (κ2) is 4.39. The van der Waals surface area contributed by atoms with Crippen molar-refractivity contribution in [3.63, 3.8) is 0 Å². The van der Waals surface area contributed by atoms with Crippen LogP contribution in [0.2, 0.25) is 0 Å². The number of rotatable bonds is 2. The van der Waals surface area contributed by atoms with Crippen LogP contribution in [0.3, 0.4) is 0 Å². The minimum Gasteiger partial charge on any atom is -0.439 e. The van der Waals surface area contributed by atoms with Crippen LogP contribution in [0.25, 0.3) is 0 Å². The van der Waals surface area contributed by atoms with Crippen LogP contribution in [-0.2, 0) is 4.74 Å². The Hall–Kier alpha value is -1.77. The number of carbonyl (C=O) groups excluding carboxylic acids is 1. The van der Waals surface area contributed by atoms with Crippen molar-refractivity contribution in [3.05, 3.63) is 48.2 Å². The van der Waals surface area contributed by atoms with E-state index in [2.05, 4.69) is 0 Å². The van der Waals surface area contributed by atoms with Gasteiger partial charge in [0.25, 0.3) is 0 Å². The average molecular weight is 217 g/mol. The molecule has 1 heterocycles. The van der Waals surface area contributed by atoms with E-state index in [9.17, 15) is 4.79 Å². The number of allylic oxidation sites excluding steroid dienone is 1. The average Bonchev–Trinajstić information content (AvgIpc) is 2.59. The number of amides is 1. The molecule has 0 radical (unpaired) electrons. The van der Waals surface area contributed by atoms with Crippen LogP contribution in [-0.4, -0.2) is 17.0 Å². The highest BCUT2D eigenvalue weighted by Gasteiger charge is 2.38. The molecule has 1 aliphatic heterocycles. The highest BCUT2D eigenvalue weighted by molar-refractivity contribution is 5.72. The van der Waals surface area contributed by atoms with Gasteiger partial charge in [0.1, 0.15) is 6.10 Å². The van der Waals surface area contributed by atoms with Gasteiger partial charge < -0.3 is 4.74 Å². The first kappa shape index (κ1) is 10.7. The Labute approximate surface area is 95.3 Å². The van der Waals surface area contributed by atoms with E-state index in [-0.39, 0.29) is 18.2 Å². The highest BCUT2D eigenvalue weighted by atomic mass is 16.6. The van der Waals surface area contributed by atoms with Crippen LogP contribution >= 0.6 is 0 Å². The summed E-state index contributed by atoms with van der Waals surface area (Å²) in [4.78, 5) is 13.2. The van der Waals surface area contributed by atoms with E-state index in [0.29, 0.717) is 0 Å². The predicted octanol–water partition coefficient (Wildman–Crippen LogP) is 3.10. The third kappa shape index (κ3) is 1.81. The number of nitrogens with zero attached hydrogens (tertiary/aromatic N) is 1. The first-order valence-electron chi connectivity index (χ1n) is 5.40. The summed E-state index contributed by atoms with van der Waals surface area (Å²) in [6.45, 7) is 3.87. The van der Waals surface area contributed by atoms with Gasteiger partial charge in [-0.3, -0.25) is 4.90 Å². The molecule has 16 heavy (non-hydrogen) atoms. The molecule has 0 bridgehead atoms. The number of cyclic esters (lactones) is 1. The third-order valence-corrected chi connectivity index (χ3v) is 2.75. The molecule has 0 aliphatic carbocycles. The van der Waals surface area contributed by atoms with Crippen molar-refractivity contribution in [2.24, 2.45) is 0 Å². The van der Waals surface area contributed by atoms with Gasteiger partial charge in [-0.1, -0.05) is 36.4 Å². The Kier molecular flexibility index (Phi) is 2.95. The monoisotopic (exact) mass is 217 g/mol. The topological polar surface area (TPSA) is 29.5 Å². The van der Waals surface area contributed by atoms with Gasteiger partial charge in [-0.15, -0.1) is 0 Å². The van der Waals surface area contributed by atoms with Crippen LogP contribution in [0.15, 0.2) is 42.6 Å². The summed E-state index contributed by atoms with van der Waals surface area (Å²) < 4.78 is 5.36. The molecule has 3 nitrogen and oxygen atoms in total. The van der Waals surface area contributed by atoms with Gasteiger partial charge in [-0.2, -0.15) is 0 Å². The lowest BCUT2D eigenvalue weighted by Gasteiger charge is -2.17. The fraction of sp³-hybridized carbons (Fsp3) is 0.308. The molecule has 1 amide bonds. The van der Waals surface area contributed by atoms with Crippen molar-refractivity contribution in [2.45, 2.75) is 26.0 Å². The van der Waals surface area contributed by atoms with E-state index in [1.807, 2.05) is 50.3 Å². The van der Waals surface area contributed by atoms with Crippen molar-refractivity contribution >= 4 is 6.09 Å². The zero-order chi connectivity index (χ0) is 11.5. The van der Waals surface area contributed by atoms with E-state index >= 15 is 0 Å². The van der Waals surface area contributed by atoms with Crippen LogP contribution < -0.4 is 0 Å².